The van der Waals surface area contributed by atoms with Gasteiger partial charge in [-0.2, -0.15) is 0 Å². The molecule has 4 aromatic heterocycles. The number of rotatable bonds is 15. The molecule has 0 N–H and O–H groups in total. The van der Waals surface area contributed by atoms with Gasteiger partial charge in [0.25, 0.3) is 0 Å². The van der Waals surface area contributed by atoms with Crippen molar-refractivity contribution >= 4 is 122 Å². The second-order valence-electron chi connectivity index (χ2n) is 29.4. The molecule has 0 saturated heterocycles. The van der Waals surface area contributed by atoms with Gasteiger partial charge in [0.05, 0.1) is 33.4 Å². The molecular formula is C108H70N4O2. The zero-order valence-corrected chi connectivity index (χ0v) is 62.0. The van der Waals surface area contributed by atoms with Crippen molar-refractivity contribution in [3.63, 3.8) is 0 Å². The van der Waals surface area contributed by atoms with Crippen LogP contribution in [0.5, 0.6) is 0 Å². The zero-order chi connectivity index (χ0) is 75.2. The number of para-hydroxylation sites is 7. The zero-order valence-electron chi connectivity index (χ0n) is 62.0. The molecule has 0 amide bonds. The summed E-state index contributed by atoms with van der Waals surface area (Å²) < 4.78 is 18.7. The molecule has 0 saturated carbocycles. The summed E-state index contributed by atoms with van der Waals surface area (Å²) in [5.74, 6) is 0. The lowest BCUT2D eigenvalue weighted by Gasteiger charge is -2.29. The van der Waals surface area contributed by atoms with Gasteiger partial charge in [0.15, 0.2) is 0 Å². The quantitative estimate of drug-likeness (QED) is 0.103. The van der Waals surface area contributed by atoms with Crippen molar-refractivity contribution in [3.8, 4) is 89.3 Å². The van der Waals surface area contributed by atoms with Gasteiger partial charge in [-0.25, -0.2) is 0 Å². The highest BCUT2D eigenvalue weighted by molar-refractivity contribution is 6.19. The second kappa shape index (κ2) is 27.4. The monoisotopic (exact) mass is 1450 g/mol. The summed E-state index contributed by atoms with van der Waals surface area (Å²) in [6.45, 7) is 0. The van der Waals surface area contributed by atoms with E-state index in [9.17, 15) is 0 Å². The average Bonchev–Trinajstić information content (AvgIpc) is 1.55. The third-order valence-electron chi connectivity index (χ3n) is 22.9. The van der Waals surface area contributed by atoms with Crippen LogP contribution in [-0.4, -0.2) is 9.13 Å². The molecule has 0 aliphatic heterocycles. The van der Waals surface area contributed by atoms with E-state index in [1.165, 1.54) is 33.0 Å². The predicted octanol–water partition coefficient (Wildman–Crippen LogP) is 30.3. The van der Waals surface area contributed by atoms with Crippen molar-refractivity contribution in [2.45, 2.75) is 0 Å². The van der Waals surface area contributed by atoms with Crippen LogP contribution in [0.3, 0.4) is 0 Å². The van der Waals surface area contributed by atoms with E-state index >= 15 is 0 Å². The molecule has 534 valence electrons. The van der Waals surface area contributed by atoms with Crippen LogP contribution in [0, 0.1) is 0 Å². The smallest absolute Gasteiger partial charge is 0.143 e. The Morgan fingerprint density at radius 1 is 0.184 bits per heavy atom. The molecule has 0 atom stereocenters. The molecule has 6 heteroatoms. The van der Waals surface area contributed by atoms with Crippen molar-refractivity contribution in [1.82, 2.24) is 9.13 Å². The first-order valence-electron chi connectivity index (χ1n) is 38.9. The van der Waals surface area contributed by atoms with Crippen LogP contribution in [-0.2, 0) is 0 Å². The van der Waals surface area contributed by atoms with E-state index < -0.39 is 0 Å². The fourth-order valence-corrected chi connectivity index (χ4v) is 17.8. The molecule has 0 aliphatic rings. The van der Waals surface area contributed by atoms with Gasteiger partial charge in [-0.3, -0.25) is 0 Å². The fourth-order valence-electron chi connectivity index (χ4n) is 17.8. The Bertz CT molecular complexity index is 7450. The van der Waals surface area contributed by atoms with Crippen molar-refractivity contribution in [2.75, 3.05) is 9.80 Å². The largest absolute Gasteiger partial charge is 0.456 e. The number of anilines is 6. The summed E-state index contributed by atoms with van der Waals surface area (Å²) in [6, 6.07) is 154. The molecular weight excluding hydrogens is 1390 g/mol. The standard InChI is InChI=1S/C108H70N4O2/c1-3-27-71(28-4-1)74-31-19-33-76(65-74)73-59-62-80(63-60-73)109(97-51-13-9-43-89(97)92-48-25-57-104-106(92)94-46-12-18-56-103(94)113-104)82-37-22-40-85(69-82)112-101-55-17-11-45-91(101)96-68-79(61-64-102(96)112)86-47-24-50-95-107-93(49-26-58-105(107)114-108(86)95)90-44-10-14-52-98(90)110(81-36-21-35-78(67-81)77-34-20-32-75(66-77)72-29-5-2-6-30-72)83-38-23-39-84(70-83)111-99-53-15-7-41-87(99)88-42-8-16-54-100(88)111/h1-70H. The normalized spacial score (nSPS) is 11.7. The van der Waals surface area contributed by atoms with Crippen LogP contribution in [0.1, 0.15) is 0 Å². The minimum Gasteiger partial charge on any atom is -0.456 e. The number of hydrogen-bond acceptors (Lipinski definition) is 4. The summed E-state index contributed by atoms with van der Waals surface area (Å²) in [4.78, 5) is 4.86. The topological polar surface area (TPSA) is 42.6 Å². The Labute approximate surface area is 659 Å². The lowest BCUT2D eigenvalue weighted by atomic mass is 9.95. The van der Waals surface area contributed by atoms with Gasteiger partial charge in [-0.1, -0.05) is 291 Å². The highest BCUT2D eigenvalue weighted by atomic mass is 16.3. The molecule has 4 heterocycles. The highest BCUT2D eigenvalue weighted by Crippen LogP contribution is 2.51. The molecule has 0 aliphatic carbocycles. The van der Waals surface area contributed by atoms with Gasteiger partial charge in [-0.05, 0) is 195 Å². The van der Waals surface area contributed by atoms with Crippen LogP contribution in [0.25, 0.3) is 177 Å². The Kier molecular flexibility index (Phi) is 15.8. The minimum absolute atomic E-state index is 0.816. The number of aromatic nitrogens is 2. The third-order valence-corrected chi connectivity index (χ3v) is 22.9. The molecule has 114 heavy (non-hydrogen) atoms. The molecule has 0 fully saturated rings. The molecule has 0 bridgehead atoms. The van der Waals surface area contributed by atoms with Gasteiger partial charge in [-0.15, -0.1) is 0 Å². The van der Waals surface area contributed by atoms with E-state index in [4.69, 9.17) is 8.83 Å². The van der Waals surface area contributed by atoms with Crippen molar-refractivity contribution in [3.05, 3.63) is 425 Å². The lowest BCUT2D eigenvalue weighted by Crippen LogP contribution is -2.12. The number of nitrogens with zero attached hydrogens (tertiary/aromatic N) is 4. The molecule has 18 aromatic carbocycles. The molecule has 22 aromatic rings. The Morgan fingerprint density at radius 2 is 0.544 bits per heavy atom. The van der Waals surface area contributed by atoms with E-state index in [0.29, 0.717) is 0 Å². The summed E-state index contributed by atoms with van der Waals surface area (Å²) in [5, 5.41) is 9.01. The van der Waals surface area contributed by atoms with Crippen molar-refractivity contribution < 1.29 is 8.83 Å². The molecule has 6 nitrogen and oxygen atoms in total. The summed E-state index contributed by atoms with van der Waals surface area (Å²) in [7, 11) is 0. The van der Waals surface area contributed by atoms with E-state index in [2.05, 4.69) is 438 Å². The molecule has 0 spiro atoms. The second-order valence-corrected chi connectivity index (χ2v) is 29.4. The Morgan fingerprint density at radius 3 is 1.12 bits per heavy atom. The van der Waals surface area contributed by atoms with Crippen LogP contribution in [0.4, 0.5) is 34.1 Å². The van der Waals surface area contributed by atoms with Crippen molar-refractivity contribution in [2.24, 2.45) is 0 Å². The lowest BCUT2D eigenvalue weighted by molar-refractivity contribution is 0.669. The SMILES string of the molecule is c1ccc(-c2cccc(-c3ccc(N(c4cccc(-n5c6ccccc6c6cc(-c7cccc8c7oc7cccc(-c9ccccc9N(c9cccc(-c%10cccc(-c%11ccccc%11)c%10)c9)c9cccc(-n%10c%11ccccc%11c%11ccccc%11%10)c9)c78)ccc65)c4)c4ccccc4-c4cccc5oc6ccccc6c45)cc3)c2)cc1. The minimum atomic E-state index is 0.816. The predicted molar refractivity (Wildman–Crippen MR) is 477 cm³/mol. The first-order chi connectivity index (χ1) is 56.5. The Hall–Kier alpha value is -15.2. The first-order valence-corrected chi connectivity index (χ1v) is 38.9. The van der Waals surface area contributed by atoms with Crippen LogP contribution < -0.4 is 9.80 Å². The van der Waals surface area contributed by atoms with Crippen LogP contribution in [0.15, 0.2) is 433 Å². The number of hydrogen-bond donors (Lipinski definition) is 0. The number of fused-ring (bicyclic) bond motifs is 12. The first kappa shape index (κ1) is 65.8. The van der Waals surface area contributed by atoms with Gasteiger partial charge >= 0.3 is 0 Å². The molecule has 22 rings (SSSR count). The maximum atomic E-state index is 7.28. The van der Waals surface area contributed by atoms with Gasteiger partial charge in [0, 0.05) is 93.9 Å². The van der Waals surface area contributed by atoms with E-state index in [1.807, 2.05) is 6.07 Å². The molecule has 0 radical (unpaired) electrons. The summed E-state index contributed by atoms with van der Waals surface area (Å²) in [5.41, 5.74) is 31.8. The summed E-state index contributed by atoms with van der Waals surface area (Å²) in [6.07, 6.45) is 0. The van der Waals surface area contributed by atoms with E-state index in [0.717, 1.165) is 178 Å². The number of benzene rings is 18. The van der Waals surface area contributed by atoms with Crippen LogP contribution >= 0.6 is 0 Å². The van der Waals surface area contributed by atoms with E-state index in [-0.39, 0.29) is 0 Å². The van der Waals surface area contributed by atoms with Gasteiger partial charge in [0.2, 0.25) is 0 Å². The average molecular weight is 1460 g/mol. The highest BCUT2D eigenvalue weighted by Gasteiger charge is 2.27. The summed E-state index contributed by atoms with van der Waals surface area (Å²) >= 11 is 0. The molecule has 0 unspecified atom stereocenters. The maximum absolute atomic E-state index is 7.28. The van der Waals surface area contributed by atoms with Gasteiger partial charge in [0.1, 0.15) is 22.3 Å². The van der Waals surface area contributed by atoms with Crippen molar-refractivity contribution in [1.29, 1.82) is 0 Å². The van der Waals surface area contributed by atoms with Crippen LogP contribution in [0.2, 0.25) is 0 Å². The van der Waals surface area contributed by atoms with E-state index in [1.54, 1.807) is 0 Å². The van der Waals surface area contributed by atoms with Gasteiger partial charge < -0.3 is 27.8 Å². The Balaban J connectivity index is 0.665. The fraction of sp³-hybridized carbons (Fsp3) is 0. The number of furan rings is 2. The third kappa shape index (κ3) is 11.2. The maximum Gasteiger partial charge on any atom is 0.143 e.